The van der Waals surface area contributed by atoms with Crippen LogP contribution in [0.15, 0.2) is 53.4 Å². The lowest BCUT2D eigenvalue weighted by Gasteiger charge is -2.09. The molecule has 26 heavy (non-hydrogen) atoms. The number of carbonyl (C=O) groups is 1. The highest BCUT2D eigenvalue weighted by atomic mass is 32.2. The lowest BCUT2D eigenvalue weighted by Crippen LogP contribution is -2.25. The number of anilines is 1. The van der Waals surface area contributed by atoms with Gasteiger partial charge in [-0.05, 0) is 36.8 Å². The number of amides is 1. The van der Waals surface area contributed by atoms with Crippen molar-refractivity contribution >= 4 is 21.6 Å². The zero-order valence-electron chi connectivity index (χ0n) is 15.0. The van der Waals surface area contributed by atoms with Crippen LogP contribution in [0, 0.1) is 0 Å². The van der Waals surface area contributed by atoms with E-state index in [1.54, 1.807) is 43.5 Å². The molecule has 0 saturated heterocycles. The minimum absolute atomic E-state index is 0.0762. The maximum atomic E-state index is 12.4. The first-order valence-corrected chi connectivity index (χ1v) is 9.99. The van der Waals surface area contributed by atoms with Crippen LogP contribution in [0.2, 0.25) is 0 Å². The molecule has 2 rings (SSSR count). The van der Waals surface area contributed by atoms with Crippen LogP contribution in [0.3, 0.4) is 0 Å². The third-order valence-corrected chi connectivity index (χ3v) is 5.27. The standard InChI is InChI=1S/C19H24N2O4S/c1-3-4-5-12-20-26(23,24)18-11-6-8-15(13-18)19(22)21-16-9-7-10-17(14-16)25-2/h6-11,13-14,20H,3-5,12H2,1-2H3,(H,21,22). The molecule has 0 spiro atoms. The van der Waals surface area contributed by atoms with E-state index in [2.05, 4.69) is 17.0 Å². The second-order valence-electron chi connectivity index (χ2n) is 5.82. The molecule has 0 unspecified atom stereocenters. The minimum Gasteiger partial charge on any atom is -0.497 e. The van der Waals surface area contributed by atoms with E-state index in [1.165, 1.54) is 12.1 Å². The van der Waals surface area contributed by atoms with Crippen molar-refractivity contribution in [1.29, 1.82) is 0 Å². The summed E-state index contributed by atoms with van der Waals surface area (Å²) in [6, 6.07) is 12.9. The second-order valence-corrected chi connectivity index (χ2v) is 7.59. The molecule has 2 N–H and O–H groups in total. The molecule has 6 nitrogen and oxygen atoms in total. The molecule has 0 fully saturated rings. The van der Waals surface area contributed by atoms with Crippen LogP contribution < -0.4 is 14.8 Å². The van der Waals surface area contributed by atoms with Crippen LogP contribution in [0.1, 0.15) is 36.5 Å². The van der Waals surface area contributed by atoms with Gasteiger partial charge in [-0.1, -0.05) is 31.9 Å². The monoisotopic (exact) mass is 376 g/mol. The first kappa shape index (κ1) is 19.9. The molecular formula is C19H24N2O4S. The normalized spacial score (nSPS) is 11.2. The smallest absolute Gasteiger partial charge is 0.255 e. The molecule has 0 aliphatic carbocycles. The van der Waals surface area contributed by atoms with E-state index in [9.17, 15) is 13.2 Å². The predicted molar refractivity (Wildman–Crippen MR) is 102 cm³/mol. The van der Waals surface area contributed by atoms with E-state index in [0.29, 0.717) is 18.0 Å². The van der Waals surface area contributed by atoms with Crippen molar-refractivity contribution in [2.75, 3.05) is 19.0 Å². The highest BCUT2D eigenvalue weighted by Crippen LogP contribution is 2.18. The molecule has 0 aliphatic heterocycles. The molecule has 1 amide bonds. The minimum atomic E-state index is -3.63. The third kappa shape index (κ3) is 5.57. The number of methoxy groups -OCH3 is 1. The van der Waals surface area contributed by atoms with E-state index in [-0.39, 0.29) is 16.4 Å². The summed E-state index contributed by atoms with van der Waals surface area (Å²) in [5.41, 5.74) is 0.838. The summed E-state index contributed by atoms with van der Waals surface area (Å²) < 4.78 is 32.4. The van der Waals surface area contributed by atoms with Gasteiger partial charge in [0, 0.05) is 23.9 Å². The van der Waals surface area contributed by atoms with Gasteiger partial charge in [-0.25, -0.2) is 13.1 Å². The van der Waals surface area contributed by atoms with Crippen LogP contribution in [0.4, 0.5) is 5.69 Å². The largest absolute Gasteiger partial charge is 0.497 e. The van der Waals surface area contributed by atoms with Crippen LogP contribution in [-0.4, -0.2) is 28.0 Å². The molecule has 140 valence electrons. The Morgan fingerprint density at radius 3 is 2.58 bits per heavy atom. The average molecular weight is 376 g/mol. The summed E-state index contributed by atoms with van der Waals surface area (Å²) in [5.74, 6) is 0.233. The number of benzene rings is 2. The number of hydrogen-bond donors (Lipinski definition) is 2. The Bertz CT molecular complexity index is 850. The van der Waals surface area contributed by atoms with Gasteiger partial charge < -0.3 is 10.1 Å². The van der Waals surface area contributed by atoms with E-state index in [0.717, 1.165) is 19.3 Å². The van der Waals surface area contributed by atoms with Gasteiger partial charge in [0.1, 0.15) is 5.75 Å². The quantitative estimate of drug-likeness (QED) is 0.657. The van der Waals surface area contributed by atoms with Crippen molar-refractivity contribution in [3.63, 3.8) is 0 Å². The van der Waals surface area contributed by atoms with Crippen molar-refractivity contribution in [1.82, 2.24) is 4.72 Å². The summed E-state index contributed by atoms with van der Waals surface area (Å²) >= 11 is 0. The summed E-state index contributed by atoms with van der Waals surface area (Å²) in [7, 11) is -2.09. The molecule has 0 bridgehead atoms. The molecule has 2 aromatic rings. The maximum absolute atomic E-state index is 12.4. The Hall–Kier alpha value is -2.38. The Morgan fingerprint density at radius 2 is 1.85 bits per heavy atom. The Kier molecular flexibility index (Phi) is 7.17. The fourth-order valence-corrected chi connectivity index (χ4v) is 3.49. The molecule has 0 heterocycles. The average Bonchev–Trinajstić information content (AvgIpc) is 2.65. The molecule has 0 aliphatic rings. The molecule has 2 aromatic carbocycles. The fourth-order valence-electron chi connectivity index (χ4n) is 2.37. The van der Waals surface area contributed by atoms with E-state index in [4.69, 9.17) is 4.74 Å². The van der Waals surface area contributed by atoms with Crippen molar-refractivity contribution in [3.8, 4) is 5.75 Å². The van der Waals surface area contributed by atoms with E-state index in [1.807, 2.05) is 0 Å². The van der Waals surface area contributed by atoms with Crippen LogP contribution >= 0.6 is 0 Å². The van der Waals surface area contributed by atoms with Gasteiger partial charge in [-0.3, -0.25) is 4.79 Å². The SMILES string of the molecule is CCCCCNS(=O)(=O)c1cccc(C(=O)Nc2cccc(OC)c2)c1. The number of rotatable bonds is 9. The highest BCUT2D eigenvalue weighted by Gasteiger charge is 2.16. The first-order valence-electron chi connectivity index (χ1n) is 8.51. The summed E-state index contributed by atoms with van der Waals surface area (Å²) in [6.07, 6.45) is 2.76. The molecule has 0 aromatic heterocycles. The Morgan fingerprint density at radius 1 is 1.08 bits per heavy atom. The van der Waals surface area contributed by atoms with Crippen molar-refractivity contribution in [2.24, 2.45) is 0 Å². The van der Waals surface area contributed by atoms with Crippen molar-refractivity contribution in [3.05, 3.63) is 54.1 Å². The zero-order chi connectivity index (χ0) is 19.0. The van der Waals surface area contributed by atoms with Gasteiger partial charge in [-0.15, -0.1) is 0 Å². The van der Waals surface area contributed by atoms with E-state index >= 15 is 0 Å². The number of sulfonamides is 1. The number of ether oxygens (including phenoxy) is 1. The van der Waals surface area contributed by atoms with Gasteiger partial charge in [0.25, 0.3) is 5.91 Å². The number of unbranched alkanes of at least 4 members (excludes halogenated alkanes) is 2. The molecule has 7 heteroatoms. The topological polar surface area (TPSA) is 84.5 Å². The lowest BCUT2D eigenvalue weighted by atomic mass is 10.2. The first-order chi connectivity index (χ1) is 12.5. The van der Waals surface area contributed by atoms with Gasteiger partial charge in [0.15, 0.2) is 0 Å². The molecule has 0 radical (unpaired) electrons. The van der Waals surface area contributed by atoms with Gasteiger partial charge >= 0.3 is 0 Å². The second kappa shape index (κ2) is 9.35. The Labute approximate surface area is 154 Å². The van der Waals surface area contributed by atoms with Gasteiger partial charge in [-0.2, -0.15) is 0 Å². The number of nitrogens with one attached hydrogen (secondary N) is 2. The highest BCUT2D eigenvalue weighted by molar-refractivity contribution is 7.89. The molecule has 0 atom stereocenters. The summed E-state index contributed by atoms with van der Waals surface area (Å²) in [6.45, 7) is 2.44. The van der Waals surface area contributed by atoms with Gasteiger partial charge in [0.05, 0.1) is 12.0 Å². The van der Waals surface area contributed by atoms with Crippen LogP contribution in [-0.2, 0) is 10.0 Å². The maximum Gasteiger partial charge on any atom is 0.255 e. The van der Waals surface area contributed by atoms with Crippen molar-refractivity contribution in [2.45, 2.75) is 31.1 Å². The molecule has 0 saturated carbocycles. The summed E-state index contributed by atoms with van der Waals surface area (Å²) in [5, 5.41) is 2.74. The summed E-state index contributed by atoms with van der Waals surface area (Å²) in [4.78, 5) is 12.5. The number of hydrogen-bond acceptors (Lipinski definition) is 4. The number of carbonyl (C=O) groups excluding carboxylic acids is 1. The Balaban J connectivity index is 2.11. The lowest BCUT2D eigenvalue weighted by molar-refractivity contribution is 0.102. The predicted octanol–water partition coefficient (Wildman–Crippen LogP) is 3.42. The van der Waals surface area contributed by atoms with Gasteiger partial charge in [0.2, 0.25) is 10.0 Å². The van der Waals surface area contributed by atoms with E-state index < -0.39 is 10.0 Å². The van der Waals surface area contributed by atoms with Crippen LogP contribution in [0.25, 0.3) is 0 Å². The van der Waals surface area contributed by atoms with Crippen molar-refractivity contribution < 1.29 is 17.9 Å². The third-order valence-electron chi connectivity index (χ3n) is 3.81. The zero-order valence-corrected chi connectivity index (χ0v) is 15.8. The van der Waals surface area contributed by atoms with Crippen LogP contribution in [0.5, 0.6) is 5.75 Å². The molecular weight excluding hydrogens is 352 g/mol. The fraction of sp³-hybridized carbons (Fsp3) is 0.316.